The zero-order chi connectivity index (χ0) is 20.2. The molecule has 4 rings (SSSR count). The predicted octanol–water partition coefficient (Wildman–Crippen LogP) is 2.43. The van der Waals surface area contributed by atoms with Crippen LogP contribution in [-0.2, 0) is 0 Å². The largest absolute Gasteiger partial charge is 0.487 e. The van der Waals surface area contributed by atoms with E-state index in [1.54, 1.807) is 12.3 Å². The smallest absolute Gasteiger partial charge is 0.174 e. The van der Waals surface area contributed by atoms with Gasteiger partial charge in [0.15, 0.2) is 11.6 Å². The quantitative estimate of drug-likeness (QED) is 0.632. The first-order chi connectivity index (χ1) is 14.1. The van der Waals surface area contributed by atoms with Gasteiger partial charge in [-0.25, -0.2) is 9.37 Å². The summed E-state index contributed by atoms with van der Waals surface area (Å²) in [6.45, 7) is 0.867. The molecule has 8 heteroatoms. The molecule has 0 bridgehead atoms. The van der Waals surface area contributed by atoms with Crippen LogP contribution < -0.4 is 15.8 Å². The van der Waals surface area contributed by atoms with Gasteiger partial charge >= 0.3 is 0 Å². The number of nitrogens with two attached hydrogens (primary N) is 1. The third kappa shape index (κ3) is 4.37. The Hall–Kier alpha value is -3.00. The van der Waals surface area contributed by atoms with Gasteiger partial charge < -0.3 is 20.9 Å². The molecule has 0 amide bonds. The second-order valence-corrected chi connectivity index (χ2v) is 7.33. The highest BCUT2D eigenvalue weighted by Crippen LogP contribution is 2.43. The first-order valence-electron chi connectivity index (χ1n) is 9.76. The van der Waals surface area contributed by atoms with Gasteiger partial charge in [-0.1, -0.05) is 12.5 Å². The number of hydrogen-bond donors (Lipinski definition) is 3. The number of aliphatic imine (C=N–C) groups is 1. The molecule has 1 aromatic carbocycles. The van der Waals surface area contributed by atoms with Crippen molar-refractivity contribution in [1.29, 1.82) is 0 Å². The number of allylic oxidation sites excluding steroid dienone is 1. The van der Waals surface area contributed by atoms with Crippen molar-refractivity contribution in [2.75, 3.05) is 25.4 Å². The Balaban J connectivity index is 1.51. The number of aliphatic hydroxyl groups excluding tert-OH is 1. The minimum Gasteiger partial charge on any atom is -0.487 e. The second kappa shape index (κ2) is 8.57. The van der Waals surface area contributed by atoms with Crippen LogP contribution in [0.25, 0.3) is 11.3 Å². The number of aliphatic hydroxyl groups is 1. The highest BCUT2D eigenvalue weighted by molar-refractivity contribution is 5.74. The summed E-state index contributed by atoms with van der Waals surface area (Å²) in [6, 6.07) is 3.60. The van der Waals surface area contributed by atoms with Crippen molar-refractivity contribution in [2.45, 2.75) is 31.3 Å². The number of nitrogens with zero attached hydrogens (tertiary/aromatic N) is 3. The number of ether oxygens (including phenoxy) is 1. The number of rotatable bonds is 8. The van der Waals surface area contributed by atoms with Crippen molar-refractivity contribution in [1.82, 2.24) is 15.3 Å². The highest BCUT2D eigenvalue weighted by Gasteiger charge is 2.27. The number of halogens is 1. The summed E-state index contributed by atoms with van der Waals surface area (Å²) < 4.78 is 21.2. The van der Waals surface area contributed by atoms with Crippen molar-refractivity contribution in [2.24, 2.45) is 4.99 Å². The van der Waals surface area contributed by atoms with Gasteiger partial charge in [-0.05, 0) is 30.9 Å². The molecular formula is C21H24FN5O2. The van der Waals surface area contributed by atoms with Gasteiger partial charge in [0, 0.05) is 29.6 Å². The predicted molar refractivity (Wildman–Crippen MR) is 109 cm³/mol. The molecule has 1 fully saturated rings. The SMILES string of the molecule is Nc1cnc(-c2ccc(C3CCC3)c(OCC(O)CNC3=CC=NC3)c2F)cn1. The first kappa shape index (κ1) is 19.3. The minimum atomic E-state index is -0.787. The van der Waals surface area contributed by atoms with Gasteiger partial charge in [-0.3, -0.25) is 9.98 Å². The molecule has 1 aliphatic heterocycles. The maximum atomic E-state index is 15.4. The summed E-state index contributed by atoms with van der Waals surface area (Å²) in [5.41, 5.74) is 8.05. The number of nitrogen functional groups attached to an aromatic ring is 1. The van der Waals surface area contributed by atoms with E-state index in [0.717, 1.165) is 30.5 Å². The molecule has 2 aromatic rings. The van der Waals surface area contributed by atoms with Gasteiger partial charge in [0.2, 0.25) is 0 Å². The fourth-order valence-corrected chi connectivity index (χ4v) is 3.38. The fourth-order valence-electron chi connectivity index (χ4n) is 3.38. The number of hydrogen-bond acceptors (Lipinski definition) is 7. The monoisotopic (exact) mass is 397 g/mol. The maximum absolute atomic E-state index is 15.4. The normalized spacial score (nSPS) is 17.0. The van der Waals surface area contributed by atoms with Gasteiger partial charge in [0.25, 0.3) is 0 Å². The van der Waals surface area contributed by atoms with E-state index < -0.39 is 11.9 Å². The Morgan fingerprint density at radius 1 is 1.28 bits per heavy atom. The average Bonchev–Trinajstić information content (AvgIpc) is 3.19. The minimum absolute atomic E-state index is 0.0192. The molecule has 2 aliphatic rings. The van der Waals surface area contributed by atoms with E-state index in [0.29, 0.717) is 24.3 Å². The molecule has 7 nitrogen and oxygen atoms in total. The summed E-state index contributed by atoms with van der Waals surface area (Å²) in [7, 11) is 0. The average molecular weight is 397 g/mol. The summed E-state index contributed by atoms with van der Waals surface area (Å²) >= 11 is 0. The fraction of sp³-hybridized carbons (Fsp3) is 0.381. The molecule has 2 heterocycles. The van der Waals surface area contributed by atoms with Crippen LogP contribution in [-0.4, -0.2) is 47.1 Å². The van der Waals surface area contributed by atoms with Crippen LogP contribution in [0.1, 0.15) is 30.7 Å². The molecule has 1 unspecified atom stereocenters. The van der Waals surface area contributed by atoms with Gasteiger partial charge in [0.1, 0.15) is 18.5 Å². The van der Waals surface area contributed by atoms with Crippen LogP contribution in [0.2, 0.25) is 0 Å². The van der Waals surface area contributed by atoms with Crippen LogP contribution in [0.5, 0.6) is 5.75 Å². The Labute approximate surface area is 168 Å². The lowest BCUT2D eigenvalue weighted by Crippen LogP contribution is -2.31. The molecular weight excluding hydrogens is 373 g/mol. The summed E-state index contributed by atoms with van der Waals surface area (Å²) in [6.07, 6.45) is 8.77. The lowest BCUT2D eigenvalue weighted by atomic mass is 9.79. The molecule has 0 spiro atoms. The third-order valence-corrected chi connectivity index (χ3v) is 5.25. The molecule has 1 aliphatic carbocycles. The molecule has 29 heavy (non-hydrogen) atoms. The molecule has 0 saturated heterocycles. The number of nitrogens with one attached hydrogen (secondary N) is 1. The van der Waals surface area contributed by atoms with Crippen LogP contribution in [0.4, 0.5) is 10.2 Å². The van der Waals surface area contributed by atoms with Crippen molar-refractivity contribution < 1.29 is 14.2 Å². The van der Waals surface area contributed by atoms with E-state index in [1.807, 2.05) is 12.1 Å². The molecule has 4 N–H and O–H groups in total. The van der Waals surface area contributed by atoms with E-state index >= 15 is 4.39 Å². The standard InChI is InChI=1S/C21H24FN5O2/c22-20-17(18-10-27-19(23)11-26-18)5-4-16(13-2-1-3-13)21(20)29-12-15(28)9-25-14-6-7-24-8-14/h4-7,10-11,13,15,25,28H,1-3,8-9,12H2,(H2,23,27). The zero-order valence-corrected chi connectivity index (χ0v) is 16.0. The van der Waals surface area contributed by atoms with Gasteiger partial charge in [0.05, 0.1) is 24.6 Å². The summed E-state index contributed by atoms with van der Waals surface area (Å²) in [4.78, 5) is 12.2. The summed E-state index contributed by atoms with van der Waals surface area (Å²) in [5.74, 6) is 0.256. The van der Waals surface area contributed by atoms with E-state index in [4.69, 9.17) is 10.5 Å². The van der Waals surface area contributed by atoms with Crippen molar-refractivity contribution in [3.8, 4) is 17.0 Å². The van der Waals surface area contributed by atoms with E-state index in [2.05, 4.69) is 20.3 Å². The Morgan fingerprint density at radius 2 is 2.14 bits per heavy atom. The molecule has 1 atom stereocenters. The van der Waals surface area contributed by atoms with E-state index in [9.17, 15) is 5.11 Å². The third-order valence-electron chi connectivity index (χ3n) is 5.25. The Kier molecular flexibility index (Phi) is 5.71. The summed E-state index contributed by atoms with van der Waals surface area (Å²) in [5, 5.41) is 13.4. The number of aromatic nitrogens is 2. The Morgan fingerprint density at radius 3 is 2.79 bits per heavy atom. The van der Waals surface area contributed by atoms with Gasteiger partial charge in [-0.15, -0.1) is 0 Å². The highest BCUT2D eigenvalue weighted by atomic mass is 19.1. The molecule has 1 aromatic heterocycles. The first-order valence-corrected chi connectivity index (χ1v) is 9.76. The topological polar surface area (TPSA) is 106 Å². The van der Waals surface area contributed by atoms with E-state index in [-0.39, 0.29) is 24.1 Å². The zero-order valence-electron chi connectivity index (χ0n) is 16.0. The molecule has 0 radical (unpaired) electrons. The Bertz CT molecular complexity index is 925. The lowest BCUT2D eigenvalue weighted by Gasteiger charge is -2.28. The van der Waals surface area contributed by atoms with Crippen LogP contribution in [0, 0.1) is 5.82 Å². The number of benzene rings is 1. The van der Waals surface area contributed by atoms with Crippen molar-refractivity contribution >= 4 is 12.0 Å². The number of anilines is 1. The van der Waals surface area contributed by atoms with Crippen LogP contribution in [0.3, 0.4) is 0 Å². The van der Waals surface area contributed by atoms with Gasteiger partial charge in [-0.2, -0.15) is 0 Å². The van der Waals surface area contributed by atoms with E-state index in [1.165, 1.54) is 12.4 Å². The molecule has 1 saturated carbocycles. The van der Waals surface area contributed by atoms with Crippen LogP contribution in [0.15, 0.2) is 41.3 Å². The lowest BCUT2D eigenvalue weighted by molar-refractivity contribution is 0.105. The molecule has 152 valence electrons. The second-order valence-electron chi connectivity index (χ2n) is 7.33. The van der Waals surface area contributed by atoms with Crippen molar-refractivity contribution in [3.05, 3.63) is 47.7 Å². The van der Waals surface area contributed by atoms with Crippen molar-refractivity contribution in [3.63, 3.8) is 0 Å². The maximum Gasteiger partial charge on any atom is 0.174 e. The van der Waals surface area contributed by atoms with Crippen LogP contribution >= 0.6 is 0 Å².